The minimum Gasteiger partial charge on any atom is -0.380 e. The van der Waals surface area contributed by atoms with Crippen LogP contribution >= 0.6 is 0 Å². The second-order valence-electron chi connectivity index (χ2n) is 11.8. The lowest BCUT2D eigenvalue weighted by atomic mass is 9.87. The maximum absolute atomic E-state index is 13.2. The molecule has 0 bridgehead atoms. The SMILES string of the molecule is Cc1ccc(N[C@@H]2CCN(C(=O)CCC3CCN(c4ccc(C(C)(C)C)cc4)CC3)C2)cc1C(F)(F)F. The fourth-order valence-electron chi connectivity index (χ4n) is 5.50. The number of rotatable bonds is 6. The number of aryl methyl sites for hydroxylation is 1. The molecule has 0 aromatic heterocycles. The van der Waals surface area contributed by atoms with Crippen molar-refractivity contribution in [2.75, 3.05) is 36.4 Å². The highest BCUT2D eigenvalue weighted by molar-refractivity contribution is 5.76. The lowest BCUT2D eigenvalue weighted by molar-refractivity contribution is -0.138. The Morgan fingerprint density at radius 1 is 0.973 bits per heavy atom. The fraction of sp³-hybridized carbons (Fsp3) is 0.567. The first-order valence-corrected chi connectivity index (χ1v) is 13.5. The topological polar surface area (TPSA) is 35.6 Å². The summed E-state index contributed by atoms with van der Waals surface area (Å²) < 4.78 is 39.7. The molecule has 2 aromatic carbocycles. The van der Waals surface area contributed by atoms with Crippen molar-refractivity contribution in [3.05, 3.63) is 59.2 Å². The van der Waals surface area contributed by atoms with Gasteiger partial charge in [0.15, 0.2) is 0 Å². The highest BCUT2D eigenvalue weighted by Gasteiger charge is 2.33. The Kier molecular flexibility index (Phi) is 8.10. The minimum absolute atomic E-state index is 0.0272. The Balaban J connectivity index is 1.20. The van der Waals surface area contributed by atoms with Gasteiger partial charge in [0.05, 0.1) is 5.56 Å². The van der Waals surface area contributed by atoms with E-state index in [0.717, 1.165) is 38.8 Å². The van der Waals surface area contributed by atoms with Gasteiger partial charge in [-0.2, -0.15) is 13.2 Å². The van der Waals surface area contributed by atoms with Gasteiger partial charge < -0.3 is 15.1 Å². The van der Waals surface area contributed by atoms with Crippen molar-refractivity contribution in [2.24, 2.45) is 5.92 Å². The number of anilines is 2. The number of halogens is 3. The molecule has 4 nitrogen and oxygen atoms in total. The number of alkyl halides is 3. The number of nitrogens with one attached hydrogen (secondary N) is 1. The average molecular weight is 516 g/mol. The number of carbonyl (C=O) groups is 1. The molecular formula is C30H40F3N3O. The molecule has 4 rings (SSSR count). The van der Waals surface area contributed by atoms with Gasteiger partial charge in [-0.3, -0.25) is 4.79 Å². The predicted molar refractivity (Wildman–Crippen MR) is 144 cm³/mol. The summed E-state index contributed by atoms with van der Waals surface area (Å²) in [7, 11) is 0. The summed E-state index contributed by atoms with van der Waals surface area (Å²) in [5, 5.41) is 3.20. The predicted octanol–water partition coefficient (Wildman–Crippen LogP) is 7.02. The number of hydrogen-bond donors (Lipinski definition) is 1. The third-order valence-corrected chi connectivity index (χ3v) is 7.93. The van der Waals surface area contributed by atoms with Crippen molar-refractivity contribution in [3.8, 4) is 0 Å². The molecule has 2 fully saturated rings. The van der Waals surface area contributed by atoms with Gasteiger partial charge in [0.25, 0.3) is 0 Å². The zero-order chi connectivity index (χ0) is 26.8. The van der Waals surface area contributed by atoms with E-state index in [4.69, 9.17) is 0 Å². The van der Waals surface area contributed by atoms with Crippen molar-refractivity contribution in [2.45, 2.75) is 77.4 Å². The monoisotopic (exact) mass is 515 g/mol. The van der Waals surface area contributed by atoms with Crippen LogP contribution in [-0.2, 0) is 16.4 Å². The molecule has 2 saturated heterocycles. The van der Waals surface area contributed by atoms with E-state index >= 15 is 0 Å². The van der Waals surface area contributed by atoms with Crippen LogP contribution in [0.15, 0.2) is 42.5 Å². The first-order chi connectivity index (χ1) is 17.4. The standard InChI is InChI=1S/C30H40F3N3O/c1-21-5-9-24(19-27(21)30(31,32)33)34-25-15-18-36(20-25)28(37)12-6-22-13-16-35(17-14-22)26-10-7-23(8-11-26)29(2,3)4/h5,7-11,19,22,25,34H,6,12-18,20H2,1-4H3/t25-/m1/s1. The molecule has 0 spiro atoms. The smallest absolute Gasteiger partial charge is 0.380 e. The normalized spacial score (nSPS) is 19.4. The van der Waals surface area contributed by atoms with E-state index in [-0.39, 0.29) is 22.9 Å². The van der Waals surface area contributed by atoms with Gasteiger partial charge in [-0.05, 0) is 79.3 Å². The maximum Gasteiger partial charge on any atom is 0.416 e. The number of hydrogen-bond acceptors (Lipinski definition) is 3. The largest absolute Gasteiger partial charge is 0.416 e. The molecule has 1 amide bonds. The summed E-state index contributed by atoms with van der Waals surface area (Å²) in [6.07, 6.45) is -0.00170. The number of piperidine rings is 1. The lowest BCUT2D eigenvalue weighted by Gasteiger charge is -2.34. The molecule has 7 heteroatoms. The van der Waals surface area contributed by atoms with E-state index in [1.165, 1.54) is 30.3 Å². The summed E-state index contributed by atoms with van der Waals surface area (Å²) in [6, 6.07) is 13.2. The fourth-order valence-corrected chi connectivity index (χ4v) is 5.50. The Morgan fingerprint density at radius 2 is 1.65 bits per heavy atom. The molecule has 0 aliphatic carbocycles. The molecule has 37 heavy (non-hydrogen) atoms. The highest BCUT2D eigenvalue weighted by atomic mass is 19.4. The number of carbonyl (C=O) groups excluding carboxylic acids is 1. The van der Waals surface area contributed by atoms with Gasteiger partial charge in [-0.1, -0.05) is 39.0 Å². The molecule has 1 N–H and O–H groups in total. The van der Waals surface area contributed by atoms with Crippen LogP contribution in [-0.4, -0.2) is 43.0 Å². The van der Waals surface area contributed by atoms with Gasteiger partial charge in [0.2, 0.25) is 5.91 Å². The van der Waals surface area contributed by atoms with Gasteiger partial charge in [0, 0.05) is 50.0 Å². The van der Waals surface area contributed by atoms with Crippen LogP contribution in [0.3, 0.4) is 0 Å². The average Bonchev–Trinajstić information content (AvgIpc) is 3.31. The van der Waals surface area contributed by atoms with Crippen LogP contribution in [0.1, 0.15) is 69.6 Å². The van der Waals surface area contributed by atoms with Crippen LogP contribution in [0.25, 0.3) is 0 Å². The van der Waals surface area contributed by atoms with Crippen LogP contribution in [0.4, 0.5) is 24.5 Å². The van der Waals surface area contributed by atoms with Crippen molar-refractivity contribution in [1.82, 2.24) is 4.90 Å². The van der Waals surface area contributed by atoms with Crippen molar-refractivity contribution in [1.29, 1.82) is 0 Å². The first kappa shape index (κ1) is 27.3. The van der Waals surface area contributed by atoms with Crippen LogP contribution in [0, 0.1) is 12.8 Å². The Morgan fingerprint density at radius 3 is 2.27 bits per heavy atom. The zero-order valence-electron chi connectivity index (χ0n) is 22.5. The second kappa shape index (κ2) is 11.0. The van der Waals surface area contributed by atoms with Gasteiger partial charge in [-0.15, -0.1) is 0 Å². The Bertz CT molecular complexity index is 1070. The minimum atomic E-state index is -4.37. The van der Waals surface area contributed by atoms with Crippen molar-refractivity contribution >= 4 is 17.3 Å². The maximum atomic E-state index is 13.2. The molecular weight excluding hydrogens is 475 g/mol. The van der Waals surface area contributed by atoms with Gasteiger partial charge >= 0.3 is 6.18 Å². The molecule has 2 aliphatic heterocycles. The Labute approximate surface area is 219 Å². The number of amides is 1. The second-order valence-corrected chi connectivity index (χ2v) is 11.8. The number of benzene rings is 2. The molecule has 0 unspecified atom stereocenters. The van der Waals surface area contributed by atoms with Crippen molar-refractivity contribution < 1.29 is 18.0 Å². The van der Waals surface area contributed by atoms with Crippen LogP contribution in [0.2, 0.25) is 0 Å². The molecule has 0 saturated carbocycles. The molecule has 1 atom stereocenters. The summed E-state index contributed by atoms with van der Waals surface area (Å²) in [5.41, 5.74) is 2.82. The van der Waals surface area contributed by atoms with E-state index in [1.54, 1.807) is 6.07 Å². The van der Waals surface area contributed by atoms with E-state index in [1.807, 2.05) is 4.90 Å². The van der Waals surface area contributed by atoms with E-state index in [2.05, 4.69) is 55.3 Å². The quantitative estimate of drug-likeness (QED) is 0.449. The summed E-state index contributed by atoms with van der Waals surface area (Å²) in [6.45, 7) is 11.4. The number of likely N-dealkylation sites (tertiary alicyclic amines) is 1. The molecule has 202 valence electrons. The third-order valence-electron chi connectivity index (χ3n) is 7.93. The Hall–Kier alpha value is -2.70. The lowest BCUT2D eigenvalue weighted by Crippen LogP contribution is -2.35. The van der Waals surface area contributed by atoms with Crippen LogP contribution < -0.4 is 10.2 Å². The van der Waals surface area contributed by atoms with Crippen LogP contribution in [0.5, 0.6) is 0 Å². The zero-order valence-corrected chi connectivity index (χ0v) is 22.5. The number of nitrogens with zero attached hydrogens (tertiary/aromatic N) is 2. The van der Waals surface area contributed by atoms with E-state index < -0.39 is 11.7 Å². The molecule has 2 aliphatic rings. The molecule has 2 aromatic rings. The van der Waals surface area contributed by atoms with E-state index in [0.29, 0.717) is 31.1 Å². The molecule has 2 heterocycles. The highest BCUT2D eigenvalue weighted by Crippen LogP contribution is 2.34. The van der Waals surface area contributed by atoms with Gasteiger partial charge in [-0.25, -0.2) is 0 Å². The van der Waals surface area contributed by atoms with Gasteiger partial charge in [0.1, 0.15) is 0 Å². The summed E-state index contributed by atoms with van der Waals surface area (Å²) in [5.74, 6) is 0.711. The summed E-state index contributed by atoms with van der Waals surface area (Å²) >= 11 is 0. The molecule has 0 radical (unpaired) electrons. The first-order valence-electron chi connectivity index (χ1n) is 13.5. The third kappa shape index (κ3) is 6.99. The van der Waals surface area contributed by atoms with E-state index in [9.17, 15) is 18.0 Å². The van der Waals surface area contributed by atoms with Crippen molar-refractivity contribution in [3.63, 3.8) is 0 Å². The summed E-state index contributed by atoms with van der Waals surface area (Å²) in [4.78, 5) is 17.2.